The highest BCUT2D eigenvalue weighted by atomic mass is 16.5. The first-order valence-corrected chi connectivity index (χ1v) is 7.44. The van der Waals surface area contributed by atoms with Crippen molar-refractivity contribution in [3.05, 3.63) is 24.0 Å². The number of carbonyl (C=O) groups excluding carboxylic acids is 1. The number of rotatable bonds is 8. The van der Waals surface area contributed by atoms with E-state index >= 15 is 0 Å². The van der Waals surface area contributed by atoms with E-state index < -0.39 is 0 Å². The van der Waals surface area contributed by atoms with Crippen LogP contribution < -0.4 is 15.8 Å². The van der Waals surface area contributed by atoms with Crippen molar-refractivity contribution in [1.29, 1.82) is 0 Å². The van der Waals surface area contributed by atoms with Crippen LogP contribution in [0, 0.1) is 0 Å². The first-order valence-electron chi connectivity index (χ1n) is 7.44. The molecule has 0 unspecified atom stereocenters. The molecule has 0 spiro atoms. The molecule has 116 valence electrons. The van der Waals surface area contributed by atoms with Crippen molar-refractivity contribution in [3.63, 3.8) is 0 Å². The predicted octanol–water partition coefficient (Wildman–Crippen LogP) is 0.692. The summed E-state index contributed by atoms with van der Waals surface area (Å²) in [5.74, 6) is 0.505. The van der Waals surface area contributed by atoms with E-state index in [1.54, 1.807) is 6.20 Å². The molecule has 1 aliphatic rings. The van der Waals surface area contributed by atoms with Crippen LogP contribution in [0.25, 0.3) is 0 Å². The number of nitrogens with two attached hydrogens (primary N) is 1. The zero-order valence-electron chi connectivity index (χ0n) is 12.5. The SMILES string of the molecule is CN1CCC[C@H]1c1cncc(OCCNCCC(N)=O)c1. The van der Waals surface area contributed by atoms with Gasteiger partial charge in [0.25, 0.3) is 0 Å². The Kier molecular flexibility index (Phi) is 5.95. The minimum Gasteiger partial charge on any atom is -0.491 e. The quantitative estimate of drug-likeness (QED) is 0.689. The first kappa shape index (κ1) is 15.7. The molecule has 0 radical (unpaired) electrons. The maximum atomic E-state index is 10.6. The summed E-state index contributed by atoms with van der Waals surface area (Å²) < 4.78 is 5.69. The number of ether oxygens (including phenoxy) is 1. The molecule has 2 heterocycles. The van der Waals surface area contributed by atoms with E-state index in [1.165, 1.54) is 18.4 Å². The number of pyridine rings is 1. The van der Waals surface area contributed by atoms with Crippen molar-refractivity contribution in [2.75, 3.05) is 33.3 Å². The third-order valence-electron chi connectivity index (χ3n) is 3.74. The van der Waals surface area contributed by atoms with E-state index in [2.05, 4.69) is 28.3 Å². The fraction of sp³-hybridized carbons (Fsp3) is 0.600. The van der Waals surface area contributed by atoms with Gasteiger partial charge in [0, 0.05) is 31.7 Å². The number of hydrogen-bond donors (Lipinski definition) is 2. The zero-order valence-corrected chi connectivity index (χ0v) is 12.5. The number of primary amides is 1. The number of carbonyl (C=O) groups is 1. The van der Waals surface area contributed by atoms with Gasteiger partial charge in [0.05, 0.1) is 6.20 Å². The number of amides is 1. The van der Waals surface area contributed by atoms with Gasteiger partial charge in [-0.3, -0.25) is 14.7 Å². The van der Waals surface area contributed by atoms with Gasteiger partial charge < -0.3 is 15.8 Å². The molecule has 1 atom stereocenters. The van der Waals surface area contributed by atoms with Crippen LogP contribution in [-0.4, -0.2) is 49.1 Å². The van der Waals surface area contributed by atoms with Gasteiger partial charge in [0.15, 0.2) is 0 Å². The van der Waals surface area contributed by atoms with Gasteiger partial charge in [-0.2, -0.15) is 0 Å². The van der Waals surface area contributed by atoms with Crippen LogP contribution in [0.5, 0.6) is 5.75 Å². The van der Waals surface area contributed by atoms with Crippen molar-refractivity contribution in [2.24, 2.45) is 5.73 Å². The van der Waals surface area contributed by atoms with E-state index in [4.69, 9.17) is 10.5 Å². The Balaban J connectivity index is 1.75. The van der Waals surface area contributed by atoms with Gasteiger partial charge in [-0.05, 0) is 38.1 Å². The van der Waals surface area contributed by atoms with Gasteiger partial charge in [0.1, 0.15) is 12.4 Å². The average molecular weight is 292 g/mol. The minimum atomic E-state index is -0.291. The molecule has 0 bridgehead atoms. The lowest BCUT2D eigenvalue weighted by atomic mass is 10.1. The monoisotopic (exact) mass is 292 g/mol. The summed E-state index contributed by atoms with van der Waals surface area (Å²) in [5, 5.41) is 3.11. The number of nitrogens with zero attached hydrogens (tertiary/aromatic N) is 2. The molecule has 0 aliphatic carbocycles. The molecule has 1 fully saturated rings. The molecule has 1 aliphatic heterocycles. The molecule has 21 heavy (non-hydrogen) atoms. The summed E-state index contributed by atoms with van der Waals surface area (Å²) >= 11 is 0. The molecule has 1 aromatic rings. The van der Waals surface area contributed by atoms with Gasteiger partial charge in [0.2, 0.25) is 5.91 Å². The Morgan fingerprint density at radius 3 is 3.10 bits per heavy atom. The van der Waals surface area contributed by atoms with Crippen LogP contribution in [-0.2, 0) is 4.79 Å². The topological polar surface area (TPSA) is 80.5 Å². The smallest absolute Gasteiger partial charge is 0.218 e. The molecular weight excluding hydrogens is 268 g/mol. The van der Waals surface area contributed by atoms with Gasteiger partial charge in [-0.1, -0.05) is 0 Å². The van der Waals surface area contributed by atoms with Crippen LogP contribution in [0.4, 0.5) is 0 Å². The lowest BCUT2D eigenvalue weighted by molar-refractivity contribution is -0.117. The van der Waals surface area contributed by atoms with Crippen LogP contribution in [0.15, 0.2) is 18.5 Å². The summed E-state index contributed by atoms with van der Waals surface area (Å²) in [7, 11) is 2.15. The molecular formula is C15H24N4O2. The fourth-order valence-electron chi connectivity index (χ4n) is 2.61. The average Bonchev–Trinajstić information content (AvgIpc) is 2.89. The van der Waals surface area contributed by atoms with Gasteiger partial charge in [-0.15, -0.1) is 0 Å². The largest absolute Gasteiger partial charge is 0.491 e. The maximum Gasteiger partial charge on any atom is 0.218 e. The van der Waals surface area contributed by atoms with Crippen molar-refractivity contribution in [3.8, 4) is 5.75 Å². The Bertz CT molecular complexity index is 467. The van der Waals surface area contributed by atoms with Gasteiger partial charge in [-0.25, -0.2) is 0 Å². The van der Waals surface area contributed by atoms with Crippen LogP contribution in [0.2, 0.25) is 0 Å². The standard InChI is InChI=1S/C15H24N4O2/c1-19-7-2-3-14(19)12-9-13(11-18-10-12)21-8-6-17-5-4-15(16)20/h9-11,14,17H,2-8H2,1H3,(H2,16,20)/t14-/m0/s1. The maximum absolute atomic E-state index is 10.6. The summed E-state index contributed by atoms with van der Waals surface area (Å²) in [5.41, 5.74) is 6.28. The highest BCUT2D eigenvalue weighted by Gasteiger charge is 2.22. The molecule has 1 saturated heterocycles. The number of hydrogen-bond acceptors (Lipinski definition) is 5. The van der Waals surface area contributed by atoms with Crippen molar-refractivity contribution >= 4 is 5.91 Å². The van der Waals surface area contributed by atoms with Crippen molar-refractivity contribution in [2.45, 2.75) is 25.3 Å². The van der Waals surface area contributed by atoms with Gasteiger partial charge >= 0.3 is 0 Å². The second kappa shape index (κ2) is 7.95. The minimum absolute atomic E-state index is 0.291. The molecule has 0 saturated carbocycles. The van der Waals surface area contributed by atoms with Crippen LogP contribution in [0.1, 0.15) is 30.9 Å². The normalized spacial score (nSPS) is 18.8. The third kappa shape index (κ3) is 4.99. The van der Waals surface area contributed by atoms with E-state index in [9.17, 15) is 4.79 Å². The van der Waals surface area contributed by atoms with E-state index in [0.29, 0.717) is 32.2 Å². The third-order valence-corrected chi connectivity index (χ3v) is 3.74. The van der Waals surface area contributed by atoms with E-state index in [1.807, 2.05) is 6.20 Å². The highest BCUT2D eigenvalue weighted by Crippen LogP contribution is 2.31. The number of aromatic nitrogens is 1. The predicted molar refractivity (Wildman–Crippen MR) is 81.0 cm³/mol. The molecule has 6 nitrogen and oxygen atoms in total. The molecule has 1 aromatic heterocycles. The second-order valence-corrected chi connectivity index (χ2v) is 5.41. The Morgan fingerprint density at radius 2 is 2.38 bits per heavy atom. The molecule has 2 rings (SSSR count). The fourth-order valence-corrected chi connectivity index (χ4v) is 2.61. The van der Waals surface area contributed by atoms with Crippen molar-refractivity contribution in [1.82, 2.24) is 15.2 Å². The van der Waals surface area contributed by atoms with Crippen LogP contribution >= 0.6 is 0 Å². The molecule has 6 heteroatoms. The summed E-state index contributed by atoms with van der Waals surface area (Å²) in [6, 6.07) is 2.53. The zero-order chi connectivity index (χ0) is 15.1. The molecule has 1 amide bonds. The molecule has 0 aromatic carbocycles. The van der Waals surface area contributed by atoms with Crippen LogP contribution in [0.3, 0.4) is 0 Å². The lowest BCUT2D eigenvalue weighted by Gasteiger charge is -2.19. The van der Waals surface area contributed by atoms with E-state index in [-0.39, 0.29) is 5.91 Å². The Hall–Kier alpha value is -1.66. The summed E-state index contributed by atoms with van der Waals surface area (Å²) in [6.45, 7) is 2.95. The first-order chi connectivity index (χ1) is 10.2. The Morgan fingerprint density at radius 1 is 1.52 bits per heavy atom. The second-order valence-electron chi connectivity index (χ2n) is 5.41. The number of nitrogens with one attached hydrogen (secondary N) is 1. The summed E-state index contributed by atoms with van der Waals surface area (Å²) in [6.07, 6.45) is 6.42. The Labute approximate surface area is 125 Å². The van der Waals surface area contributed by atoms with Crippen molar-refractivity contribution < 1.29 is 9.53 Å². The summed E-state index contributed by atoms with van der Waals surface area (Å²) in [4.78, 5) is 17.2. The lowest BCUT2D eigenvalue weighted by Crippen LogP contribution is -2.25. The molecule has 3 N–H and O–H groups in total. The van der Waals surface area contributed by atoms with E-state index in [0.717, 1.165) is 12.3 Å². The number of likely N-dealkylation sites (tertiary alicyclic amines) is 1. The highest BCUT2D eigenvalue weighted by molar-refractivity contribution is 5.73.